The van der Waals surface area contributed by atoms with Gasteiger partial charge in [0.25, 0.3) is 0 Å². The number of carbonyl (C=O) groups is 2. The number of ether oxygens (including phenoxy) is 1. The number of carboxylic acid groups (broad SMARTS) is 1. The zero-order chi connectivity index (χ0) is 13.5. The molecular weight excluding hydrogens is 234 g/mol. The van der Waals surface area contributed by atoms with Crippen LogP contribution in [-0.4, -0.2) is 23.8 Å². The van der Waals surface area contributed by atoms with Crippen LogP contribution in [-0.2, 0) is 4.74 Å². The summed E-state index contributed by atoms with van der Waals surface area (Å²) in [6, 6.07) is 6.03. The summed E-state index contributed by atoms with van der Waals surface area (Å²) in [6.07, 6.45) is 0.941. The summed E-state index contributed by atoms with van der Waals surface area (Å²) in [7, 11) is 0. The number of alkyl carbamates (subject to hydrolysis) is 1. The van der Waals surface area contributed by atoms with E-state index in [2.05, 4.69) is 11.9 Å². The number of nitrogens with one attached hydrogen (secondary N) is 1. The van der Waals surface area contributed by atoms with E-state index in [-0.39, 0.29) is 18.2 Å². The molecular formula is C13H15NO4. The number of carbonyl (C=O) groups excluding carboxylic acids is 1. The van der Waals surface area contributed by atoms with Crippen LogP contribution in [0.2, 0.25) is 0 Å². The van der Waals surface area contributed by atoms with E-state index in [0.29, 0.717) is 0 Å². The predicted molar refractivity (Wildman–Crippen MR) is 66.5 cm³/mol. The summed E-state index contributed by atoms with van der Waals surface area (Å²) < 4.78 is 4.78. The highest BCUT2D eigenvalue weighted by Gasteiger charge is 2.10. The first-order chi connectivity index (χ1) is 8.54. The molecule has 0 aliphatic rings. The van der Waals surface area contributed by atoms with Crippen molar-refractivity contribution in [2.45, 2.75) is 13.0 Å². The first kappa shape index (κ1) is 13.8. The average molecular weight is 249 g/mol. The summed E-state index contributed by atoms with van der Waals surface area (Å²) in [4.78, 5) is 22.0. The van der Waals surface area contributed by atoms with Crippen LogP contribution < -0.4 is 5.32 Å². The first-order valence-corrected chi connectivity index (χ1v) is 5.42. The van der Waals surface area contributed by atoms with Crippen LogP contribution in [0.5, 0.6) is 0 Å². The highest BCUT2D eigenvalue weighted by atomic mass is 16.5. The van der Waals surface area contributed by atoms with E-state index in [1.54, 1.807) is 19.1 Å². The zero-order valence-electron chi connectivity index (χ0n) is 10.1. The van der Waals surface area contributed by atoms with Gasteiger partial charge in [-0.05, 0) is 24.6 Å². The maximum Gasteiger partial charge on any atom is 0.407 e. The minimum atomic E-state index is -0.979. The van der Waals surface area contributed by atoms with Gasteiger partial charge in [0.1, 0.15) is 6.61 Å². The van der Waals surface area contributed by atoms with Gasteiger partial charge in [-0.1, -0.05) is 24.8 Å². The maximum atomic E-state index is 11.3. The van der Waals surface area contributed by atoms with Crippen molar-refractivity contribution in [2.24, 2.45) is 0 Å². The van der Waals surface area contributed by atoms with E-state index < -0.39 is 12.1 Å². The minimum absolute atomic E-state index is 0.149. The Labute approximate surface area is 105 Å². The maximum absolute atomic E-state index is 11.3. The normalized spacial score (nSPS) is 11.4. The van der Waals surface area contributed by atoms with Crippen LogP contribution in [0, 0.1) is 0 Å². The molecule has 2 N–H and O–H groups in total. The lowest BCUT2D eigenvalue weighted by Crippen LogP contribution is -2.27. The van der Waals surface area contributed by atoms with Crippen molar-refractivity contribution < 1.29 is 19.4 Å². The van der Waals surface area contributed by atoms with E-state index in [1.165, 1.54) is 18.2 Å². The molecule has 5 heteroatoms. The molecule has 0 unspecified atom stereocenters. The molecule has 0 aliphatic carbocycles. The number of rotatable bonds is 5. The Hall–Kier alpha value is -2.30. The number of aromatic carboxylic acids is 1. The van der Waals surface area contributed by atoms with E-state index in [0.717, 1.165) is 5.56 Å². The molecule has 1 amide bonds. The summed E-state index contributed by atoms with van der Waals surface area (Å²) in [6.45, 7) is 5.37. The third kappa shape index (κ3) is 3.93. The Balaban J connectivity index is 2.61. The van der Waals surface area contributed by atoms with Crippen molar-refractivity contribution in [1.29, 1.82) is 0 Å². The number of benzene rings is 1. The molecule has 0 saturated carbocycles. The zero-order valence-corrected chi connectivity index (χ0v) is 10.1. The molecule has 5 nitrogen and oxygen atoms in total. The molecule has 96 valence electrons. The Morgan fingerprint density at radius 1 is 1.44 bits per heavy atom. The van der Waals surface area contributed by atoms with Gasteiger partial charge in [-0.25, -0.2) is 9.59 Å². The largest absolute Gasteiger partial charge is 0.478 e. The third-order valence-electron chi connectivity index (χ3n) is 2.32. The Morgan fingerprint density at radius 3 is 2.56 bits per heavy atom. The topological polar surface area (TPSA) is 75.6 Å². The van der Waals surface area contributed by atoms with Gasteiger partial charge >= 0.3 is 12.1 Å². The fourth-order valence-electron chi connectivity index (χ4n) is 1.35. The van der Waals surface area contributed by atoms with Crippen molar-refractivity contribution in [3.8, 4) is 0 Å². The van der Waals surface area contributed by atoms with Gasteiger partial charge in [0, 0.05) is 0 Å². The Bertz CT molecular complexity index is 439. The minimum Gasteiger partial charge on any atom is -0.478 e. The molecule has 0 bridgehead atoms. The second kappa shape index (κ2) is 6.44. The molecule has 0 radical (unpaired) electrons. The molecule has 0 fully saturated rings. The molecule has 0 spiro atoms. The van der Waals surface area contributed by atoms with Crippen molar-refractivity contribution in [3.63, 3.8) is 0 Å². The van der Waals surface area contributed by atoms with E-state index >= 15 is 0 Å². The molecule has 0 heterocycles. The molecule has 1 rings (SSSR count). The van der Waals surface area contributed by atoms with Crippen LogP contribution in [0.4, 0.5) is 4.79 Å². The first-order valence-electron chi connectivity index (χ1n) is 5.42. The van der Waals surface area contributed by atoms with Crippen LogP contribution in [0.15, 0.2) is 36.9 Å². The lowest BCUT2D eigenvalue weighted by molar-refractivity contribution is 0.0696. The molecule has 0 aromatic heterocycles. The fourth-order valence-corrected chi connectivity index (χ4v) is 1.35. The average Bonchev–Trinajstić information content (AvgIpc) is 2.36. The Kier molecular flexibility index (Phi) is 4.92. The molecule has 18 heavy (non-hydrogen) atoms. The molecule has 1 aromatic carbocycles. The van der Waals surface area contributed by atoms with Gasteiger partial charge in [0.2, 0.25) is 0 Å². The highest BCUT2D eigenvalue weighted by Crippen LogP contribution is 2.13. The van der Waals surface area contributed by atoms with Gasteiger partial charge < -0.3 is 15.2 Å². The second-order valence-corrected chi connectivity index (χ2v) is 3.68. The predicted octanol–water partition coefficient (Wildman–Crippen LogP) is 2.36. The number of hydrogen-bond donors (Lipinski definition) is 2. The van der Waals surface area contributed by atoms with E-state index in [9.17, 15) is 9.59 Å². The van der Waals surface area contributed by atoms with Gasteiger partial charge in [0.15, 0.2) is 0 Å². The lowest BCUT2D eigenvalue weighted by atomic mass is 10.1. The summed E-state index contributed by atoms with van der Waals surface area (Å²) in [5.41, 5.74) is 1.01. The SMILES string of the molecule is C=CCOC(=O)N[C@H](C)c1ccc(C(=O)O)cc1. The smallest absolute Gasteiger partial charge is 0.407 e. The van der Waals surface area contributed by atoms with Crippen LogP contribution in [0.1, 0.15) is 28.9 Å². The van der Waals surface area contributed by atoms with Crippen molar-refractivity contribution in [2.75, 3.05) is 6.61 Å². The molecule has 1 atom stereocenters. The van der Waals surface area contributed by atoms with Gasteiger partial charge in [-0.3, -0.25) is 0 Å². The van der Waals surface area contributed by atoms with Crippen molar-refractivity contribution in [1.82, 2.24) is 5.32 Å². The van der Waals surface area contributed by atoms with Crippen molar-refractivity contribution >= 4 is 12.1 Å². The molecule has 0 aliphatic heterocycles. The quantitative estimate of drug-likeness (QED) is 0.785. The lowest BCUT2D eigenvalue weighted by Gasteiger charge is -2.14. The molecule has 0 saturated heterocycles. The summed E-state index contributed by atoms with van der Waals surface area (Å²) in [5, 5.41) is 11.4. The summed E-state index contributed by atoms with van der Waals surface area (Å²) >= 11 is 0. The van der Waals surface area contributed by atoms with Crippen molar-refractivity contribution in [3.05, 3.63) is 48.0 Å². The van der Waals surface area contributed by atoms with Gasteiger partial charge in [-0.2, -0.15) is 0 Å². The van der Waals surface area contributed by atoms with Crippen LogP contribution in [0.25, 0.3) is 0 Å². The van der Waals surface area contributed by atoms with E-state index in [1.807, 2.05) is 0 Å². The van der Waals surface area contributed by atoms with E-state index in [4.69, 9.17) is 9.84 Å². The van der Waals surface area contributed by atoms with Crippen LogP contribution in [0.3, 0.4) is 0 Å². The fraction of sp³-hybridized carbons (Fsp3) is 0.231. The van der Waals surface area contributed by atoms with Crippen LogP contribution >= 0.6 is 0 Å². The summed E-state index contributed by atoms with van der Waals surface area (Å²) in [5.74, 6) is -0.979. The van der Waals surface area contributed by atoms with Gasteiger partial charge in [-0.15, -0.1) is 0 Å². The molecule has 1 aromatic rings. The second-order valence-electron chi connectivity index (χ2n) is 3.68. The van der Waals surface area contributed by atoms with Gasteiger partial charge in [0.05, 0.1) is 11.6 Å². The monoisotopic (exact) mass is 249 g/mol. The Morgan fingerprint density at radius 2 is 2.06 bits per heavy atom. The highest BCUT2D eigenvalue weighted by molar-refractivity contribution is 5.87. The number of carboxylic acids is 1. The third-order valence-corrected chi connectivity index (χ3v) is 2.32. The number of amides is 1. The standard InChI is InChI=1S/C13H15NO4/c1-3-8-18-13(17)14-9(2)10-4-6-11(7-5-10)12(15)16/h3-7,9H,1,8H2,2H3,(H,14,17)(H,15,16)/t9-/m1/s1. The number of hydrogen-bond acceptors (Lipinski definition) is 3.